The number of hydrogen-bond donors (Lipinski definition) is 0. The molecule has 3 heteroatoms. The first-order chi connectivity index (χ1) is 6.35. The van der Waals surface area contributed by atoms with Crippen molar-refractivity contribution in [1.29, 1.82) is 0 Å². The van der Waals surface area contributed by atoms with Gasteiger partial charge in [0.25, 0.3) is 0 Å². The van der Waals surface area contributed by atoms with Crippen LogP contribution >= 0.6 is 0 Å². The lowest BCUT2D eigenvalue weighted by atomic mass is 10.5. The van der Waals surface area contributed by atoms with Crippen LogP contribution in [0.1, 0.15) is 40.0 Å². The lowest BCUT2D eigenvalue weighted by Crippen LogP contribution is -2.14. The summed E-state index contributed by atoms with van der Waals surface area (Å²) < 4.78 is 15.8. The zero-order chi connectivity index (χ0) is 9.94. The van der Waals surface area contributed by atoms with E-state index in [4.69, 9.17) is 14.2 Å². The molecule has 0 saturated carbocycles. The molecule has 3 nitrogen and oxygen atoms in total. The molecule has 0 fully saturated rings. The fourth-order valence-corrected chi connectivity index (χ4v) is 0.681. The maximum absolute atomic E-state index is 5.27. The summed E-state index contributed by atoms with van der Waals surface area (Å²) in [5, 5.41) is 0. The van der Waals surface area contributed by atoms with E-state index in [0.717, 1.165) is 19.3 Å². The predicted octanol–water partition coefficient (Wildman–Crippen LogP) is 2.71. The highest BCUT2D eigenvalue weighted by Gasteiger charge is 2.11. The Morgan fingerprint density at radius 3 is 1.23 bits per heavy atom. The smallest absolute Gasteiger partial charge is 0.321 e. The monoisotopic (exact) mass is 189 g/mol. The zero-order valence-corrected chi connectivity index (χ0v) is 8.97. The molecule has 0 aromatic rings. The van der Waals surface area contributed by atoms with Crippen molar-refractivity contribution in [2.45, 2.75) is 40.0 Å². The first kappa shape index (κ1) is 12.9. The molecule has 0 spiro atoms. The minimum absolute atomic E-state index is 0.338. The van der Waals surface area contributed by atoms with E-state index in [0.29, 0.717) is 26.3 Å². The van der Waals surface area contributed by atoms with Gasteiger partial charge in [0.15, 0.2) is 0 Å². The molecule has 79 valence electrons. The molecule has 0 amide bonds. The van der Waals surface area contributed by atoms with Gasteiger partial charge in [-0.05, 0) is 19.3 Å². The Morgan fingerprint density at radius 2 is 1.00 bits per heavy atom. The second-order valence-electron chi connectivity index (χ2n) is 2.80. The number of hydrogen-bond acceptors (Lipinski definition) is 3. The fourth-order valence-electron chi connectivity index (χ4n) is 0.681. The second kappa shape index (κ2) is 9.96. The normalized spacial score (nSPS) is 11.1. The largest absolute Gasteiger partial charge is 0.370 e. The summed E-state index contributed by atoms with van der Waals surface area (Å²) in [5.74, 6) is 0. The lowest BCUT2D eigenvalue weighted by Gasteiger charge is -2.14. The van der Waals surface area contributed by atoms with Crippen LogP contribution in [0.4, 0.5) is 0 Å². The molecule has 0 atom stereocenters. The van der Waals surface area contributed by atoms with Gasteiger partial charge in [0.2, 0.25) is 0 Å². The Balaban J connectivity index is 3.47. The summed E-state index contributed by atoms with van der Waals surface area (Å²) in [5.41, 5.74) is 0. The Hall–Kier alpha value is -0.120. The fraction of sp³-hybridized carbons (Fsp3) is 0.900. The van der Waals surface area contributed by atoms with Gasteiger partial charge >= 0.3 is 6.48 Å². The van der Waals surface area contributed by atoms with Gasteiger partial charge in [-0.3, -0.25) is 0 Å². The van der Waals surface area contributed by atoms with Crippen molar-refractivity contribution < 1.29 is 14.2 Å². The van der Waals surface area contributed by atoms with Gasteiger partial charge in [-0.1, -0.05) is 20.8 Å². The average Bonchev–Trinajstić information content (AvgIpc) is 2.17. The third kappa shape index (κ3) is 8.22. The van der Waals surface area contributed by atoms with Crippen LogP contribution in [0.25, 0.3) is 0 Å². The molecule has 0 aliphatic rings. The van der Waals surface area contributed by atoms with Crippen LogP contribution in [0.3, 0.4) is 0 Å². The Labute approximate surface area is 81.4 Å². The first-order valence-electron chi connectivity index (χ1n) is 5.10. The van der Waals surface area contributed by atoms with E-state index < -0.39 is 0 Å². The number of rotatable bonds is 9. The second-order valence-corrected chi connectivity index (χ2v) is 2.80. The highest BCUT2D eigenvalue weighted by atomic mass is 16.8. The average molecular weight is 189 g/mol. The van der Waals surface area contributed by atoms with Crippen molar-refractivity contribution in [3.63, 3.8) is 0 Å². The maximum Gasteiger partial charge on any atom is 0.370 e. The summed E-state index contributed by atoms with van der Waals surface area (Å²) in [6, 6.07) is 0. The molecular formula is C10H21O3. The lowest BCUT2D eigenvalue weighted by molar-refractivity contribution is -0.187. The zero-order valence-electron chi connectivity index (χ0n) is 8.97. The van der Waals surface area contributed by atoms with Crippen LogP contribution in [0.15, 0.2) is 0 Å². The van der Waals surface area contributed by atoms with E-state index in [1.807, 2.05) is 0 Å². The molecule has 0 aromatic carbocycles. The molecule has 0 saturated heterocycles. The summed E-state index contributed by atoms with van der Waals surface area (Å²) in [6.07, 6.45) is 2.90. The molecule has 0 unspecified atom stereocenters. The Kier molecular flexibility index (Phi) is 9.87. The molecule has 1 radical (unpaired) electrons. The van der Waals surface area contributed by atoms with Crippen LogP contribution in [0.5, 0.6) is 0 Å². The summed E-state index contributed by atoms with van der Waals surface area (Å²) >= 11 is 0. The Bertz CT molecular complexity index is 77.2. The molecular weight excluding hydrogens is 168 g/mol. The van der Waals surface area contributed by atoms with E-state index in [2.05, 4.69) is 20.8 Å². The van der Waals surface area contributed by atoms with Crippen LogP contribution in [0, 0.1) is 6.48 Å². The summed E-state index contributed by atoms with van der Waals surface area (Å²) in [4.78, 5) is 0. The maximum atomic E-state index is 5.27. The van der Waals surface area contributed by atoms with Crippen molar-refractivity contribution in [2.24, 2.45) is 0 Å². The summed E-state index contributed by atoms with van der Waals surface area (Å²) in [6.45, 7) is 8.46. The van der Waals surface area contributed by atoms with Crippen molar-refractivity contribution in [3.8, 4) is 0 Å². The van der Waals surface area contributed by atoms with Crippen molar-refractivity contribution in [1.82, 2.24) is 0 Å². The topological polar surface area (TPSA) is 27.7 Å². The third-order valence-corrected chi connectivity index (χ3v) is 1.27. The highest BCUT2D eigenvalue weighted by Crippen LogP contribution is 2.08. The van der Waals surface area contributed by atoms with Crippen molar-refractivity contribution >= 4 is 0 Å². The molecule has 0 rings (SSSR count). The highest BCUT2D eigenvalue weighted by molar-refractivity contribution is 4.48. The molecule has 0 aliphatic heterocycles. The van der Waals surface area contributed by atoms with Crippen LogP contribution in [-0.4, -0.2) is 19.8 Å². The quantitative estimate of drug-likeness (QED) is 0.558. The SMILES string of the molecule is CCCO[C](OCCC)OCCC. The van der Waals surface area contributed by atoms with E-state index in [1.54, 1.807) is 0 Å². The molecule has 0 aliphatic carbocycles. The third-order valence-electron chi connectivity index (χ3n) is 1.27. The van der Waals surface area contributed by atoms with Gasteiger partial charge in [-0.25, -0.2) is 0 Å². The molecule has 0 aromatic heterocycles. The van der Waals surface area contributed by atoms with Gasteiger partial charge in [-0.2, -0.15) is 0 Å². The first-order valence-corrected chi connectivity index (χ1v) is 5.10. The Morgan fingerprint density at radius 1 is 0.692 bits per heavy atom. The van der Waals surface area contributed by atoms with Gasteiger partial charge in [-0.15, -0.1) is 0 Å². The minimum atomic E-state index is 0.338. The van der Waals surface area contributed by atoms with Gasteiger partial charge in [0, 0.05) is 0 Å². The van der Waals surface area contributed by atoms with Gasteiger partial charge in [0.1, 0.15) is 0 Å². The molecule has 0 heterocycles. The summed E-state index contributed by atoms with van der Waals surface area (Å²) in [7, 11) is 0. The van der Waals surface area contributed by atoms with Gasteiger partial charge < -0.3 is 14.2 Å². The van der Waals surface area contributed by atoms with E-state index in [1.165, 1.54) is 0 Å². The molecule has 0 N–H and O–H groups in total. The van der Waals surface area contributed by atoms with Crippen molar-refractivity contribution in [2.75, 3.05) is 19.8 Å². The van der Waals surface area contributed by atoms with E-state index >= 15 is 0 Å². The van der Waals surface area contributed by atoms with E-state index in [-0.39, 0.29) is 0 Å². The minimum Gasteiger partial charge on any atom is -0.321 e. The number of ether oxygens (including phenoxy) is 3. The predicted molar refractivity (Wildman–Crippen MR) is 52.0 cm³/mol. The van der Waals surface area contributed by atoms with Crippen LogP contribution < -0.4 is 0 Å². The van der Waals surface area contributed by atoms with E-state index in [9.17, 15) is 0 Å². The van der Waals surface area contributed by atoms with Crippen LogP contribution in [-0.2, 0) is 14.2 Å². The molecule has 13 heavy (non-hydrogen) atoms. The van der Waals surface area contributed by atoms with Crippen molar-refractivity contribution in [3.05, 3.63) is 6.48 Å². The van der Waals surface area contributed by atoms with Gasteiger partial charge in [0.05, 0.1) is 19.8 Å². The molecule has 0 bridgehead atoms. The standard InChI is InChI=1S/C10H21O3/c1-4-7-11-10(12-8-5-2)13-9-6-3/h4-9H2,1-3H3. The van der Waals surface area contributed by atoms with Crippen LogP contribution in [0.2, 0.25) is 0 Å².